The molecule has 1 saturated heterocycles. The molecule has 0 bridgehead atoms. The molecule has 0 aromatic heterocycles. The van der Waals surface area contributed by atoms with Crippen LogP contribution in [-0.2, 0) is 20.7 Å². The molecule has 0 spiro atoms. The third kappa shape index (κ3) is 5.30. The second-order valence-corrected chi connectivity index (χ2v) is 6.72. The van der Waals surface area contributed by atoms with Gasteiger partial charge in [0.25, 0.3) is 5.91 Å². The van der Waals surface area contributed by atoms with E-state index in [2.05, 4.69) is 5.32 Å². The number of nitrogens with one attached hydrogen (secondary N) is 1. The minimum absolute atomic E-state index is 0.00966. The molecule has 21 heavy (non-hydrogen) atoms. The van der Waals surface area contributed by atoms with Gasteiger partial charge in [-0.2, -0.15) is 0 Å². The second-order valence-electron chi connectivity index (χ2n) is 6.28. The Morgan fingerprint density at radius 3 is 2.57 bits per heavy atom. The summed E-state index contributed by atoms with van der Waals surface area (Å²) in [6.45, 7) is 6.64. The number of hydrogen-bond acceptors (Lipinski definition) is 3. The number of carbonyl (C=O) groups is 1. The zero-order valence-corrected chi connectivity index (χ0v) is 13.4. The Balaban J connectivity index is 1.83. The van der Waals surface area contributed by atoms with Crippen LogP contribution in [0.25, 0.3) is 0 Å². The first-order valence-corrected chi connectivity index (χ1v) is 7.52. The standard InChI is InChI=1S/C16H22ClNO3/c1-16(2,3)21-10-14-15(19)18-13(9-20-14)8-11-4-6-12(17)7-5-11/h4-7,13-14H,8-10H2,1-3H3,(H,18,19)/t13-,14?/m0/s1. The predicted octanol–water partition coefficient (Wildman–Crippen LogP) is 2.58. The minimum Gasteiger partial charge on any atom is -0.373 e. The Labute approximate surface area is 130 Å². The monoisotopic (exact) mass is 311 g/mol. The van der Waals surface area contributed by atoms with Crippen molar-refractivity contribution in [2.24, 2.45) is 0 Å². The molecule has 1 aliphatic heterocycles. The van der Waals surface area contributed by atoms with E-state index in [9.17, 15) is 4.79 Å². The van der Waals surface area contributed by atoms with E-state index in [1.807, 2.05) is 45.0 Å². The number of hydrogen-bond donors (Lipinski definition) is 1. The average Bonchev–Trinajstić information content (AvgIpc) is 2.39. The van der Waals surface area contributed by atoms with Gasteiger partial charge in [0.2, 0.25) is 0 Å². The molecular weight excluding hydrogens is 290 g/mol. The van der Waals surface area contributed by atoms with E-state index < -0.39 is 6.10 Å². The summed E-state index contributed by atoms with van der Waals surface area (Å²) < 4.78 is 11.2. The normalized spacial score (nSPS) is 23.0. The maximum atomic E-state index is 12.0. The van der Waals surface area contributed by atoms with E-state index in [4.69, 9.17) is 21.1 Å². The van der Waals surface area contributed by atoms with Crippen molar-refractivity contribution in [1.82, 2.24) is 5.32 Å². The molecule has 5 heteroatoms. The van der Waals surface area contributed by atoms with Crippen LogP contribution in [0.1, 0.15) is 26.3 Å². The lowest BCUT2D eigenvalue weighted by atomic mass is 10.0. The first-order valence-electron chi connectivity index (χ1n) is 7.14. The molecular formula is C16H22ClNO3. The van der Waals surface area contributed by atoms with Crippen molar-refractivity contribution in [3.05, 3.63) is 34.9 Å². The van der Waals surface area contributed by atoms with Gasteiger partial charge in [0.15, 0.2) is 6.10 Å². The number of carbonyl (C=O) groups excluding carboxylic acids is 1. The molecule has 1 N–H and O–H groups in total. The number of amides is 1. The minimum atomic E-state index is -0.523. The zero-order valence-electron chi connectivity index (χ0n) is 12.7. The smallest absolute Gasteiger partial charge is 0.251 e. The molecule has 4 nitrogen and oxygen atoms in total. The lowest BCUT2D eigenvalue weighted by molar-refractivity contribution is -0.150. The molecule has 0 saturated carbocycles. The molecule has 1 aromatic rings. The largest absolute Gasteiger partial charge is 0.373 e. The van der Waals surface area contributed by atoms with Gasteiger partial charge in [-0.1, -0.05) is 23.7 Å². The van der Waals surface area contributed by atoms with Crippen LogP contribution in [0.2, 0.25) is 5.02 Å². The maximum absolute atomic E-state index is 12.0. The summed E-state index contributed by atoms with van der Waals surface area (Å²) in [6.07, 6.45) is 0.209. The number of rotatable bonds is 4. The van der Waals surface area contributed by atoms with Gasteiger partial charge in [-0.05, 0) is 44.9 Å². The van der Waals surface area contributed by atoms with Gasteiger partial charge in [-0.15, -0.1) is 0 Å². The summed E-state index contributed by atoms with van der Waals surface area (Å²) in [5.41, 5.74) is 0.849. The Bertz CT molecular complexity index is 481. The first kappa shape index (κ1) is 16.3. The van der Waals surface area contributed by atoms with Gasteiger partial charge in [-0.3, -0.25) is 4.79 Å². The van der Waals surface area contributed by atoms with Crippen molar-refractivity contribution >= 4 is 17.5 Å². The van der Waals surface area contributed by atoms with Crippen LogP contribution in [0.5, 0.6) is 0 Å². The average molecular weight is 312 g/mol. The molecule has 1 fully saturated rings. The van der Waals surface area contributed by atoms with Crippen LogP contribution in [0.3, 0.4) is 0 Å². The highest BCUT2D eigenvalue weighted by atomic mass is 35.5. The summed E-state index contributed by atoms with van der Waals surface area (Å²) in [7, 11) is 0. The molecule has 1 unspecified atom stereocenters. The SMILES string of the molecule is CC(C)(C)OCC1OC[C@H](Cc2ccc(Cl)cc2)NC1=O. The molecule has 1 amide bonds. The fraction of sp³-hybridized carbons (Fsp3) is 0.562. The fourth-order valence-corrected chi connectivity index (χ4v) is 2.23. The second kappa shape index (κ2) is 6.77. The van der Waals surface area contributed by atoms with Crippen LogP contribution < -0.4 is 5.32 Å². The van der Waals surface area contributed by atoms with Gasteiger partial charge in [-0.25, -0.2) is 0 Å². The van der Waals surface area contributed by atoms with Gasteiger partial charge >= 0.3 is 0 Å². The molecule has 0 radical (unpaired) electrons. The lowest BCUT2D eigenvalue weighted by Crippen LogP contribution is -2.53. The quantitative estimate of drug-likeness (QED) is 0.929. The van der Waals surface area contributed by atoms with E-state index in [0.29, 0.717) is 11.6 Å². The first-order chi connectivity index (χ1) is 9.83. The van der Waals surface area contributed by atoms with Crippen LogP contribution in [-0.4, -0.2) is 36.9 Å². The third-order valence-corrected chi connectivity index (χ3v) is 3.45. The zero-order chi connectivity index (χ0) is 15.5. The van der Waals surface area contributed by atoms with E-state index in [0.717, 1.165) is 12.0 Å². The van der Waals surface area contributed by atoms with Crippen molar-refractivity contribution in [2.45, 2.75) is 44.9 Å². The van der Waals surface area contributed by atoms with E-state index in [1.54, 1.807) is 0 Å². The molecule has 1 aliphatic rings. The molecule has 0 aliphatic carbocycles. The van der Waals surface area contributed by atoms with Gasteiger partial charge < -0.3 is 14.8 Å². The van der Waals surface area contributed by atoms with Crippen LogP contribution in [0, 0.1) is 0 Å². The predicted molar refractivity (Wildman–Crippen MR) is 82.5 cm³/mol. The molecule has 1 heterocycles. The van der Waals surface area contributed by atoms with Crippen molar-refractivity contribution in [2.75, 3.05) is 13.2 Å². The topological polar surface area (TPSA) is 47.6 Å². The van der Waals surface area contributed by atoms with Gasteiger partial charge in [0, 0.05) is 5.02 Å². The van der Waals surface area contributed by atoms with E-state index in [1.165, 1.54) is 0 Å². The number of morpholine rings is 1. The van der Waals surface area contributed by atoms with Gasteiger partial charge in [0.1, 0.15) is 0 Å². The molecule has 1 aromatic carbocycles. The number of benzene rings is 1. The lowest BCUT2D eigenvalue weighted by Gasteiger charge is -2.31. The Hall–Kier alpha value is -1.10. The molecule has 116 valence electrons. The van der Waals surface area contributed by atoms with Crippen molar-refractivity contribution in [3.8, 4) is 0 Å². The highest BCUT2D eigenvalue weighted by Gasteiger charge is 2.30. The number of halogens is 1. The summed E-state index contributed by atoms with van der Waals surface area (Å²) in [4.78, 5) is 12.0. The molecule has 2 rings (SSSR count). The summed E-state index contributed by atoms with van der Waals surface area (Å²) in [5, 5.41) is 3.70. The van der Waals surface area contributed by atoms with Crippen LogP contribution in [0.4, 0.5) is 0 Å². The Kier molecular flexibility index (Phi) is 5.25. The number of ether oxygens (including phenoxy) is 2. The third-order valence-electron chi connectivity index (χ3n) is 3.20. The van der Waals surface area contributed by atoms with Gasteiger partial charge in [0.05, 0.1) is 24.9 Å². The van der Waals surface area contributed by atoms with Crippen LogP contribution in [0.15, 0.2) is 24.3 Å². The van der Waals surface area contributed by atoms with Crippen molar-refractivity contribution in [3.63, 3.8) is 0 Å². The summed E-state index contributed by atoms with van der Waals surface area (Å²) in [5.74, 6) is -0.107. The summed E-state index contributed by atoms with van der Waals surface area (Å²) >= 11 is 5.86. The highest BCUT2D eigenvalue weighted by Crippen LogP contribution is 2.14. The Morgan fingerprint density at radius 2 is 2.00 bits per heavy atom. The summed E-state index contributed by atoms with van der Waals surface area (Å²) in [6, 6.07) is 7.61. The molecule has 2 atom stereocenters. The Morgan fingerprint density at radius 1 is 1.33 bits per heavy atom. The fourth-order valence-electron chi connectivity index (χ4n) is 2.11. The van der Waals surface area contributed by atoms with Crippen molar-refractivity contribution < 1.29 is 14.3 Å². The van der Waals surface area contributed by atoms with E-state index in [-0.39, 0.29) is 24.2 Å². The highest BCUT2D eigenvalue weighted by molar-refractivity contribution is 6.30. The maximum Gasteiger partial charge on any atom is 0.251 e. The van der Waals surface area contributed by atoms with Crippen molar-refractivity contribution in [1.29, 1.82) is 0 Å². The van der Waals surface area contributed by atoms with Crippen LogP contribution >= 0.6 is 11.6 Å². The van der Waals surface area contributed by atoms with E-state index >= 15 is 0 Å².